The molecule has 2 aromatic carbocycles. The number of rotatable bonds is 12. The fourth-order valence-corrected chi connectivity index (χ4v) is 5.45. The Morgan fingerprint density at radius 2 is 2.10 bits per heavy atom. The number of benzene rings is 2. The topological polar surface area (TPSA) is 132 Å². The highest BCUT2D eigenvalue weighted by Gasteiger charge is 2.34. The molecule has 2 aliphatic heterocycles. The SMILES string of the molecule is C=Cc1c(CN2CC(N)N(C(=O)CN(Cc3cc(C4CCCN4)no3)NCc3ccccc3)CC2=O)cccc1N=C. The summed E-state index contributed by atoms with van der Waals surface area (Å²) in [5.41, 5.74) is 14.2. The molecule has 2 saturated heterocycles. The third-order valence-corrected chi connectivity index (χ3v) is 7.71. The van der Waals surface area contributed by atoms with E-state index < -0.39 is 6.17 Å². The number of hydrogen-bond donors (Lipinski definition) is 3. The maximum atomic E-state index is 13.5. The molecule has 2 aliphatic rings. The lowest BCUT2D eigenvalue weighted by Crippen LogP contribution is -2.62. The Kier molecular flexibility index (Phi) is 9.55. The molecule has 1 aromatic heterocycles. The van der Waals surface area contributed by atoms with Crippen LogP contribution < -0.4 is 16.5 Å². The minimum atomic E-state index is -0.649. The van der Waals surface area contributed by atoms with Gasteiger partial charge in [0.05, 0.1) is 37.5 Å². The Labute approximate surface area is 246 Å². The number of amides is 2. The summed E-state index contributed by atoms with van der Waals surface area (Å²) in [6.45, 7) is 9.75. The number of nitrogens with one attached hydrogen (secondary N) is 2. The van der Waals surface area contributed by atoms with Gasteiger partial charge < -0.3 is 25.4 Å². The van der Waals surface area contributed by atoms with E-state index in [1.165, 1.54) is 4.90 Å². The van der Waals surface area contributed by atoms with Crippen molar-refractivity contribution >= 4 is 30.3 Å². The summed E-state index contributed by atoms with van der Waals surface area (Å²) in [4.78, 5) is 33.9. The lowest BCUT2D eigenvalue weighted by molar-refractivity contribution is -0.150. The highest BCUT2D eigenvalue weighted by Crippen LogP contribution is 2.26. The normalized spacial score (nSPS) is 19.0. The summed E-state index contributed by atoms with van der Waals surface area (Å²) >= 11 is 0. The van der Waals surface area contributed by atoms with Crippen LogP contribution in [0.3, 0.4) is 0 Å². The zero-order chi connectivity index (χ0) is 29.5. The van der Waals surface area contributed by atoms with Crippen LogP contribution >= 0.6 is 0 Å². The van der Waals surface area contributed by atoms with Crippen LogP contribution in [0.25, 0.3) is 6.08 Å². The third kappa shape index (κ3) is 7.00. The molecule has 0 bridgehead atoms. The Morgan fingerprint density at radius 3 is 2.83 bits per heavy atom. The molecule has 2 unspecified atom stereocenters. The van der Waals surface area contributed by atoms with Crippen LogP contribution in [0.5, 0.6) is 0 Å². The summed E-state index contributed by atoms with van der Waals surface area (Å²) < 4.78 is 5.63. The van der Waals surface area contributed by atoms with Gasteiger partial charge in [0.25, 0.3) is 0 Å². The number of piperazine rings is 1. The fourth-order valence-electron chi connectivity index (χ4n) is 5.45. The molecule has 2 amide bonds. The van der Waals surface area contributed by atoms with Gasteiger partial charge in [-0.15, -0.1) is 0 Å². The van der Waals surface area contributed by atoms with Gasteiger partial charge in [-0.3, -0.25) is 14.6 Å². The minimum absolute atomic E-state index is 0.000806. The lowest BCUT2D eigenvalue weighted by atomic mass is 10.0. The van der Waals surface area contributed by atoms with Gasteiger partial charge in [0, 0.05) is 24.7 Å². The van der Waals surface area contributed by atoms with Crippen LogP contribution in [0.1, 0.15) is 47.0 Å². The fraction of sp³-hybridized carbons (Fsp3) is 0.355. The standard InChI is InChI=1S/C31H38N8O3/c1-3-25-23(11-7-12-26(25)33-2)17-37-19-29(32)39(21-30(37)40)31(41)20-38(35-16-22-9-5-4-6-10-22)18-24-15-28(36-42-24)27-13-8-14-34-27/h3-7,9-12,15,27,29,34-35H,1-2,8,13-14,16-21,32H2. The van der Waals surface area contributed by atoms with E-state index in [-0.39, 0.29) is 37.5 Å². The van der Waals surface area contributed by atoms with Crippen molar-refractivity contribution < 1.29 is 14.1 Å². The van der Waals surface area contributed by atoms with Crippen molar-refractivity contribution in [2.45, 2.75) is 44.7 Å². The molecule has 2 atom stereocenters. The largest absolute Gasteiger partial charge is 0.360 e. The van der Waals surface area contributed by atoms with Crippen molar-refractivity contribution in [2.24, 2.45) is 10.7 Å². The van der Waals surface area contributed by atoms with Gasteiger partial charge in [-0.05, 0) is 43.3 Å². The van der Waals surface area contributed by atoms with Crippen molar-refractivity contribution in [2.75, 3.05) is 26.2 Å². The highest BCUT2D eigenvalue weighted by atomic mass is 16.5. The molecule has 0 aliphatic carbocycles. The number of carbonyl (C=O) groups excluding carboxylic acids is 2. The summed E-state index contributed by atoms with van der Waals surface area (Å²) in [5, 5.41) is 9.47. The number of hydrazine groups is 1. The molecule has 220 valence electrons. The second-order valence-corrected chi connectivity index (χ2v) is 10.6. The first-order valence-electron chi connectivity index (χ1n) is 14.2. The molecule has 2 fully saturated rings. The number of nitrogens with two attached hydrogens (primary N) is 1. The summed E-state index contributed by atoms with van der Waals surface area (Å²) in [5.74, 6) is 0.217. The van der Waals surface area contributed by atoms with E-state index in [9.17, 15) is 9.59 Å². The Balaban J connectivity index is 1.24. The number of aliphatic imine (C=N–C) groups is 1. The van der Waals surface area contributed by atoms with E-state index >= 15 is 0 Å². The van der Waals surface area contributed by atoms with E-state index in [0.29, 0.717) is 31.1 Å². The maximum absolute atomic E-state index is 13.5. The predicted octanol–water partition coefficient (Wildman–Crippen LogP) is 2.74. The summed E-state index contributed by atoms with van der Waals surface area (Å²) in [6.07, 6.45) is 3.18. The first kappa shape index (κ1) is 29.3. The van der Waals surface area contributed by atoms with Crippen molar-refractivity contribution in [3.63, 3.8) is 0 Å². The van der Waals surface area contributed by atoms with E-state index in [4.69, 9.17) is 10.3 Å². The number of hydrogen-bond acceptors (Lipinski definition) is 9. The smallest absolute Gasteiger partial charge is 0.242 e. The molecule has 5 rings (SSSR count). The molecule has 42 heavy (non-hydrogen) atoms. The van der Waals surface area contributed by atoms with Crippen LogP contribution in [0, 0.1) is 0 Å². The molecule has 0 radical (unpaired) electrons. The van der Waals surface area contributed by atoms with Gasteiger partial charge in [0.15, 0.2) is 5.76 Å². The molecule has 11 heteroatoms. The van der Waals surface area contributed by atoms with Crippen LogP contribution in [0.4, 0.5) is 5.69 Å². The monoisotopic (exact) mass is 570 g/mol. The average molecular weight is 571 g/mol. The van der Waals surface area contributed by atoms with E-state index in [2.05, 4.69) is 34.2 Å². The van der Waals surface area contributed by atoms with Crippen LogP contribution in [0.15, 0.2) is 70.7 Å². The molecule has 3 heterocycles. The molecule has 11 nitrogen and oxygen atoms in total. The van der Waals surface area contributed by atoms with Gasteiger partial charge >= 0.3 is 0 Å². The second-order valence-electron chi connectivity index (χ2n) is 10.6. The Bertz CT molecular complexity index is 1400. The highest BCUT2D eigenvalue weighted by molar-refractivity contribution is 5.87. The number of aromatic nitrogens is 1. The summed E-state index contributed by atoms with van der Waals surface area (Å²) in [7, 11) is 0. The van der Waals surface area contributed by atoms with Gasteiger partial charge in [0.2, 0.25) is 11.8 Å². The molecule has 3 aromatic rings. The van der Waals surface area contributed by atoms with Crippen molar-refractivity contribution in [3.05, 3.63) is 89.3 Å². The van der Waals surface area contributed by atoms with Gasteiger partial charge in [0.1, 0.15) is 12.2 Å². The van der Waals surface area contributed by atoms with Crippen molar-refractivity contribution in [1.29, 1.82) is 0 Å². The van der Waals surface area contributed by atoms with E-state index in [1.54, 1.807) is 16.0 Å². The average Bonchev–Trinajstić information content (AvgIpc) is 3.70. The predicted molar refractivity (Wildman–Crippen MR) is 161 cm³/mol. The van der Waals surface area contributed by atoms with Gasteiger partial charge in [-0.2, -0.15) is 0 Å². The molecular formula is C31H38N8O3. The Morgan fingerprint density at radius 1 is 1.26 bits per heavy atom. The van der Waals surface area contributed by atoms with Crippen LogP contribution in [-0.2, 0) is 29.2 Å². The number of carbonyl (C=O) groups is 2. The summed E-state index contributed by atoms with van der Waals surface area (Å²) in [6, 6.07) is 17.7. The Hall–Kier alpha value is -4.16. The zero-order valence-electron chi connectivity index (χ0n) is 23.7. The lowest BCUT2D eigenvalue weighted by Gasteiger charge is -2.40. The van der Waals surface area contributed by atoms with E-state index in [0.717, 1.165) is 41.8 Å². The first-order chi connectivity index (χ1) is 20.4. The number of nitrogens with zero attached hydrogens (tertiary/aromatic N) is 5. The second kappa shape index (κ2) is 13.7. The van der Waals surface area contributed by atoms with Gasteiger partial charge in [-0.25, -0.2) is 10.4 Å². The van der Waals surface area contributed by atoms with Gasteiger partial charge in [-0.1, -0.05) is 60.3 Å². The van der Waals surface area contributed by atoms with Crippen LogP contribution in [0.2, 0.25) is 0 Å². The first-order valence-corrected chi connectivity index (χ1v) is 14.2. The van der Waals surface area contributed by atoms with E-state index in [1.807, 2.05) is 54.6 Å². The van der Waals surface area contributed by atoms with Crippen molar-refractivity contribution in [1.82, 2.24) is 30.7 Å². The zero-order valence-corrected chi connectivity index (χ0v) is 23.7. The third-order valence-electron chi connectivity index (χ3n) is 7.71. The van der Waals surface area contributed by atoms with Crippen LogP contribution in [-0.4, -0.2) is 70.8 Å². The molecular weight excluding hydrogens is 532 g/mol. The van der Waals surface area contributed by atoms with Crippen molar-refractivity contribution in [3.8, 4) is 0 Å². The minimum Gasteiger partial charge on any atom is -0.360 e. The molecule has 4 N–H and O–H groups in total. The molecule has 0 spiro atoms. The molecule has 0 saturated carbocycles. The quantitative estimate of drug-likeness (QED) is 0.224. The maximum Gasteiger partial charge on any atom is 0.242 e.